The molecule has 3 heterocycles. The topological polar surface area (TPSA) is 70.6 Å². The minimum atomic E-state index is -3.32. The quantitative estimate of drug-likeness (QED) is 0.588. The van der Waals surface area contributed by atoms with Crippen LogP contribution < -0.4 is 4.31 Å². The Balaban J connectivity index is 1.47. The third-order valence-corrected chi connectivity index (χ3v) is 8.48. The van der Waals surface area contributed by atoms with Crippen LogP contribution in [0, 0.1) is 0 Å². The molecule has 31 heavy (non-hydrogen) atoms. The molecule has 162 valence electrons. The van der Waals surface area contributed by atoms with Gasteiger partial charge in [-0.1, -0.05) is 12.1 Å². The lowest BCUT2D eigenvalue weighted by Crippen LogP contribution is -2.39. The molecule has 0 bridgehead atoms. The number of fused-ring (bicyclic) bond motifs is 2. The number of para-hydroxylation sites is 1. The van der Waals surface area contributed by atoms with Crippen LogP contribution in [0.2, 0.25) is 0 Å². The largest absolute Gasteiger partial charge is 0.329 e. The average molecular weight is 456 g/mol. The third-order valence-electron chi connectivity index (χ3n) is 6.16. The maximum Gasteiger partial charge on any atom is 0.254 e. The predicted molar refractivity (Wildman–Crippen MR) is 124 cm³/mol. The molecule has 0 saturated carbocycles. The van der Waals surface area contributed by atoms with Crippen molar-refractivity contribution in [2.24, 2.45) is 0 Å². The summed E-state index contributed by atoms with van der Waals surface area (Å²) in [4.78, 5) is 20.3. The molecule has 0 radical (unpaired) electrons. The number of carbonyl (C=O) groups is 1. The number of aromatic nitrogens is 1. The molecule has 6 nitrogen and oxygen atoms in total. The Labute approximate surface area is 186 Å². The minimum absolute atomic E-state index is 0.00300. The van der Waals surface area contributed by atoms with Crippen molar-refractivity contribution in [3.63, 3.8) is 0 Å². The van der Waals surface area contributed by atoms with E-state index in [9.17, 15) is 13.2 Å². The summed E-state index contributed by atoms with van der Waals surface area (Å²) in [6.07, 6.45) is 5.76. The number of sulfonamides is 1. The lowest BCUT2D eigenvalue weighted by atomic mass is 9.98. The number of anilines is 1. The predicted octanol–water partition coefficient (Wildman–Crippen LogP) is 4.38. The van der Waals surface area contributed by atoms with Gasteiger partial charge in [0.25, 0.3) is 5.91 Å². The second-order valence-electron chi connectivity index (χ2n) is 8.31. The van der Waals surface area contributed by atoms with Crippen LogP contribution in [0.4, 0.5) is 5.69 Å². The van der Waals surface area contributed by atoms with Crippen molar-refractivity contribution in [3.8, 4) is 0 Å². The fraction of sp³-hybridized carbons (Fsp3) is 0.391. The zero-order valence-corrected chi connectivity index (χ0v) is 19.1. The van der Waals surface area contributed by atoms with Crippen LogP contribution in [0.5, 0.6) is 0 Å². The molecule has 8 heteroatoms. The lowest BCUT2D eigenvalue weighted by Gasteiger charge is -2.35. The maximum atomic E-state index is 13.5. The zero-order chi connectivity index (χ0) is 21.6. The number of nitrogens with zero attached hydrogens (tertiary/aromatic N) is 3. The van der Waals surface area contributed by atoms with Gasteiger partial charge in [-0.25, -0.2) is 13.4 Å². The molecule has 1 aromatic heterocycles. The summed E-state index contributed by atoms with van der Waals surface area (Å²) in [5, 5.41) is 0.996. The highest BCUT2D eigenvalue weighted by Crippen LogP contribution is 2.37. The van der Waals surface area contributed by atoms with Crippen molar-refractivity contribution in [1.82, 2.24) is 9.88 Å². The standard InChI is InChI=1S/C23H25N3O3S2/c1-31(28,29)26-14-6-7-16-15-17(11-12-19(16)26)23(27)25-13-5-4-9-20(25)22-24-18-8-2-3-10-21(18)30-22/h2-3,8,10-12,15,20H,4-7,9,13-14H2,1H3/t20-/m1/s1. The SMILES string of the molecule is CS(=O)(=O)N1CCCc2cc(C(=O)N3CCCC[C@@H]3c3nc4ccccc4s3)ccc21. The summed E-state index contributed by atoms with van der Waals surface area (Å²) < 4.78 is 26.9. The molecule has 0 unspecified atom stereocenters. The first kappa shape index (κ1) is 20.5. The van der Waals surface area contributed by atoms with E-state index in [1.165, 1.54) is 10.6 Å². The highest BCUT2D eigenvalue weighted by atomic mass is 32.2. The van der Waals surface area contributed by atoms with Crippen molar-refractivity contribution < 1.29 is 13.2 Å². The van der Waals surface area contributed by atoms with Gasteiger partial charge in [0, 0.05) is 18.7 Å². The van der Waals surface area contributed by atoms with E-state index in [-0.39, 0.29) is 11.9 Å². The van der Waals surface area contributed by atoms with Gasteiger partial charge in [0.2, 0.25) is 10.0 Å². The van der Waals surface area contributed by atoms with E-state index < -0.39 is 10.0 Å². The molecular weight excluding hydrogens is 430 g/mol. The Morgan fingerprint density at radius 2 is 1.94 bits per heavy atom. The number of thiazole rings is 1. The monoisotopic (exact) mass is 455 g/mol. The Morgan fingerprint density at radius 1 is 1.10 bits per heavy atom. The van der Waals surface area contributed by atoms with E-state index in [2.05, 4.69) is 6.07 Å². The van der Waals surface area contributed by atoms with E-state index in [1.807, 2.05) is 29.2 Å². The molecule has 0 aliphatic carbocycles. The van der Waals surface area contributed by atoms with Crippen molar-refractivity contribution in [3.05, 3.63) is 58.6 Å². The van der Waals surface area contributed by atoms with Crippen LogP contribution >= 0.6 is 11.3 Å². The molecule has 3 aromatic rings. The lowest BCUT2D eigenvalue weighted by molar-refractivity contribution is 0.0611. The molecule has 2 aliphatic heterocycles. The van der Waals surface area contributed by atoms with E-state index in [1.54, 1.807) is 23.5 Å². The van der Waals surface area contributed by atoms with Gasteiger partial charge in [0.1, 0.15) is 5.01 Å². The van der Waals surface area contributed by atoms with Gasteiger partial charge in [-0.05, 0) is 68.0 Å². The van der Waals surface area contributed by atoms with Gasteiger partial charge in [-0.15, -0.1) is 11.3 Å². The number of likely N-dealkylation sites (tertiary alicyclic amines) is 1. The summed E-state index contributed by atoms with van der Waals surface area (Å²) >= 11 is 1.67. The normalized spacial score (nSPS) is 19.5. The molecule has 1 atom stereocenters. The van der Waals surface area contributed by atoms with Crippen molar-refractivity contribution in [1.29, 1.82) is 0 Å². The van der Waals surface area contributed by atoms with Crippen LogP contribution in [-0.4, -0.2) is 43.6 Å². The van der Waals surface area contributed by atoms with E-state index in [0.717, 1.165) is 52.9 Å². The number of amides is 1. The van der Waals surface area contributed by atoms with Gasteiger partial charge in [0.05, 0.1) is 28.2 Å². The minimum Gasteiger partial charge on any atom is -0.329 e. The summed E-state index contributed by atoms with van der Waals surface area (Å²) in [7, 11) is -3.32. The summed E-state index contributed by atoms with van der Waals surface area (Å²) in [5.41, 5.74) is 3.24. The highest BCUT2D eigenvalue weighted by Gasteiger charge is 2.32. The van der Waals surface area contributed by atoms with Crippen molar-refractivity contribution in [2.75, 3.05) is 23.7 Å². The Morgan fingerprint density at radius 3 is 2.74 bits per heavy atom. The summed E-state index contributed by atoms with van der Waals surface area (Å²) in [6.45, 7) is 1.21. The Kier molecular flexibility index (Phi) is 5.22. The summed E-state index contributed by atoms with van der Waals surface area (Å²) in [6, 6.07) is 13.5. The van der Waals surface area contributed by atoms with Crippen LogP contribution in [0.3, 0.4) is 0 Å². The Hall–Kier alpha value is -2.45. The second-order valence-corrected chi connectivity index (χ2v) is 11.3. The molecule has 0 spiro atoms. The third kappa shape index (κ3) is 3.83. The first-order chi connectivity index (χ1) is 14.9. The second kappa shape index (κ2) is 7.91. The molecule has 2 aliphatic rings. The number of carbonyl (C=O) groups excluding carboxylic acids is 1. The fourth-order valence-corrected chi connectivity index (χ4v) is 6.78. The zero-order valence-electron chi connectivity index (χ0n) is 17.5. The fourth-order valence-electron chi connectivity index (χ4n) is 4.67. The van der Waals surface area contributed by atoms with Crippen molar-refractivity contribution in [2.45, 2.75) is 38.1 Å². The smallest absolute Gasteiger partial charge is 0.254 e. The van der Waals surface area contributed by atoms with Gasteiger partial charge in [-0.3, -0.25) is 9.10 Å². The summed E-state index contributed by atoms with van der Waals surface area (Å²) in [5.74, 6) is 0.00300. The number of aryl methyl sites for hydroxylation is 1. The van der Waals surface area contributed by atoms with Gasteiger partial charge in [-0.2, -0.15) is 0 Å². The first-order valence-electron chi connectivity index (χ1n) is 10.7. The maximum absolute atomic E-state index is 13.5. The van der Waals surface area contributed by atoms with Crippen LogP contribution in [0.25, 0.3) is 10.2 Å². The molecule has 1 amide bonds. The van der Waals surface area contributed by atoms with Gasteiger partial charge < -0.3 is 4.90 Å². The molecule has 2 aromatic carbocycles. The van der Waals surface area contributed by atoms with E-state index >= 15 is 0 Å². The highest BCUT2D eigenvalue weighted by molar-refractivity contribution is 7.92. The van der Waals surface area contributed by atoms with E-state index in [0.29, 0.717) is 24.3 Å². The molecule has 1 fully saturated rings. The molecule has 1 saturated heterocycles. The number of hydrogen-bond acceptors (Lipinski definition) is 5. The molecule has 0 N–H and O–H groups in total. The van der Waals surface area contributed by atoms with Crippen LogP contribution in [0.1, 0.15) is 52.7 Å². The Bertz CT molecular complexity index is 1220. The molecule has 5 rings (SSSR count). The van der Waals surface area contributed by atoms with E-state index in [4.69, 9.17) is 4.98 Å². The van der Waals surface area contributed by atoms with Crippen molar-refractivity contribution >= 4 is 43.2 Å². The average Bonchev–Trinajstić information content (AvgIpc) is 3.21. The number of piperidine rings is 1. The van der Waals surface area contributed by atoms with Crippen LogP contribution in [0.15, 0.2) is 42.5 Å². The van der Waals surface area contributed by atoms with Gasteiger partial charge in [0.15, 0.2) is 0 Å². The first-order valence-corrected chi connectivity index (χ1v) is 13.4. The van der Waals surface area contributed by atoms with Gasteiger partial charge >= 0.3 is 0 Å². The number of rotatable bonds is 3. The number of hydrogen-bond donors (Lipinski definition) is 0. The molecular formula is C23H25N3O3S2. The number of benzene rings is 2. The van der Waals surface area contributed by atoms with Crippen LogP contribution in [-0.2, 0) is 16.4 Å².